The summed E-state index contributed by atoms with van der Waals surface area (Å²) in [5, 5.41) is 2.61. The van der Waals surface area contributed by atoms with Gasteiger partial charge in [-0.2, -0.15) is 0 Å². The van der Waals surface area contributed by atoms with Crippen LogP contribution in [0, 0.1) is 0 Å². The Labute approximate surface area is 138 Å². The standard InChI is InChI=1S/C15H18ClN3O2S/c1-3-21-15(20)18-13-6-4-10(8-12(13)17)19(2)9-11-5-7-14(16)22-11/h4-8H,3,9,17H2,1-2H3,(H,18,20). The Morgan fingerprint density at radius 1 is 1.41 bits per heavy atom. The lowest BCUT2D eigenvalue weighted by molar-refractivity contribution is 0.168. The zero-order valence-corrected chi connectivity index (χ0v) is 14.0. The summed E-state index contributed by atoms with van der Waals surface area (Å²) in [7, 11) is 1.97. The molecular formula is C15H18ClN3O2S. The zero-order chi connectivity index (χ0) is 16.1. The summed E-state index contributed by atoms with van der Waals surface area (Å²) in [6.45, 7) is 2.80. The number of hydrogen-bond acceptors (Lipinski definition) is 5. The maximum absolute atomic E-state index is 11.4. The lowest BCUT2D eigenvalue weighted by Gasteiger charge is -2.20. The van der Waals surface area contributed by atoms with Crippen molar-refractivity contribution in [3.63, 3.8) is 0 Å². The number of nitrogen functional groups attached to an aromatic ring is 1. The molecular weight excluding hydrogens is 322 g/mol. The number of hydrogen-bond donors (Lipinski definition) is 2. The number of carbonyl (C=O) groups is 1. The third-order valence-corrected chi connectivity index (χ3v) is 4.23. The number of rotatable bonds is 5. The van der Waals surface area contributed by atoms with Crippen molar-refractivity contribution < 1.29 is 9.53 Å². The molecule has 0 atom stereocenters. The zero-order valence-electron chi connectivity index (χ0n) is 12.4. The number of nitrogens with two attached hydrogens (primary N) is 1. The van der Waals surface area contributed by atoms with Crippen LogP contribution in [-0.2, 0) is 11.3 Å². The van der Waals surface area contributed by atoms with Gasteiger partial charge < -0.3 is 15.4 Å². The van der Waals surface area contributed by atoms with E-state index in [0.29, 0.717) is 18.0 Å². The molecule has 1 amide bonds. The van der Waals surface area contributed by atoms with E-state index in [-0.39, 0.29) is 0 Å². The van der Waals surface area contributed by atoms with Crippen molar-refractivity contribution in [3.8, 4) is 0 Å². The number of ether oxygens (including phenoxy) is 1. The van der Waals surface area contributed by atoms with E-state index >= 15 is 0 Å². The molecule has 0 aliphatic heterocycles. The molecule has 0 fully saturated rings. The fraction of sp³-hybridized carbons (Fsp3) is 0.267. The van der Waals surface area contributed by atoms with Gasteiger partial charge in [-0.15, -0.1) is 11.3 Å². The number of anilines is 3. The Hall–Kier alpha value is -1.92. The highest BCUT2D eigenvalue weighted by Gasteiger charge is 2.09. The molecule has 3 N–H and O–H groups in total. The van der Waals surface area contributed by atoms with E-state index in [1.807, 2.05) is 31.3 Å². The molecule has 0 aliphatic rings. The lowest BCUT2D eigenvalue weighted by Crippen LogP contribution is -2.17. The molecule has 0 bridgehead atoms. The topological polar surface area (TPSA) is 67.6 Å². The smallest absolute Gasteiger partial charge is 0.411 e. The Morgan fingerprint density at radius 3 is 2.77 bits per heavy atom. The van der Waals surface area contributed by atoms with Crippen molar-refractivity contribution >= 4 is 46.1 Å². The largest absolute Gasteiger partial charge is 0.450 e. The van der Waals surface area contributed by atoms with E-state index in [1.165, 1.54) is 4.88 Å². The Balaban J connectivity index is 2.06. The van der Waals surface area contributed by atoms with Crippen molar-refractivity contribution in [1.29, 1.82) is 0 Å². The van der Waals surface area contributed by atoms with E-state index in [2.05, 4.69) is 10.2 Å². The first-order valence-electron chi connectivity index (χ1n) is 6.78. The summed E-state index contributed by atoms with van der Waals surface area (Å²) >= 11 is 7.49. The maximum atomic E-state index is 11.4. The molecule has 118 valence electrons. The summed E-state index contributed by atoms with van der Waals surface area (Å²) < 4.78 is 5.61. The number of halogens is 1. The summed E-state index contributed by atoms with van der Waals surface area (Å²) in [6.07, 6.45) is -0.511. The van der Waals surface area contributed by atoms with Gasteiger partial charge in [0.25, 0.3) is 0 Å². The van der Waals surface area contributed by atoms with Gasteiger partial charge in [-0.25, -0.2) is 4.79 Å². The van der Waals surface area contributed by atoms with Gasteiger partial charge in [0.2, 0.25) is 0 Å². The summed E-state index contributed by atoms with van der Waals surface area (Å²) in [5.41, 5.74) is 7.97. The minimum absolute atomic E-state index is 0.315. The van der Waals surface area contributed by atoms with Crippen LogP contribution in [0.25, 0.3) is 0 Å². The summed E-state index contributed by atoms with van der Waals surface area (Å²) in [4.78, 5) is 14.6. The van der Waals surface area contributed by atoms with Crippen molar-refractivity contribution in [2.45, 2.75) is 13.5 Å². The van der Waals surface area contributed by atoms with Crippen LogP contribution in [0.3, 0.4) is 0 Å². The van der Waals surface area contributed by atoms with Gasteiger partial charge in [0, 0.05) is 17.6 Å². The predicted molar refractivity (Wildman–Crippen MR) is 92.9 cm³/mol. The fourth-order valence-electron chi connectivity index (χ4n) is 1.94. The number of carbonyl (C=O) groups excluding carboxylic acids is 1. The van der Waals surface area contributed by atoms with Crippen LogP contribution in [0.4, 0.5) is 21.9 Å². The molecule has 1 heterocycles. The van der Waals surface area contributed by atoms with Gasteiger partial charge in [-0.1, -0.05) is 11.6 Å². The first-order valence-corrected chi connectivity index (χ1v) is 7.97. The second-order valence-electron chi connectivity index (χ2n) is 4.68. The quantitative estimate of drug-likeness (QED) is 0.801. The van der Waals surface area contributed by atoms with Crippen LogP contribution in [-0.4, -0.2) is 19.7 Å². The van der Waals surface area contributed by atoms with Gasteiger partial charge in [0.05, 0.1) is 28.9 Å². The number of thiophene rings is 1. The van der Waals surface area contributed by atoms with Crippen LogP contribution >= 0.6 is 22.9 Å². The van der Waals surface area contributed by atoms with Crippen molar-refractivity contribution in [2.24, 2.45) is 0 Å². The average molecular weight is 340 g/mol. The second kappa shape index (κ2) is 7.38. The third kappa shape index (κ3) is 4.29. The first kappa shape index (κ1) is 16.5. The molecule has 5 nitrogen and oxygen atoms in total. The maximum Gasteiger partial charge on any atom is 0.411 e. The lowest BCUT2D eigenvalue weighted by atomic mass is 10.2. The minimum Gasteiger partial charge on any atom is -0.450 e. The molecule has 1 aromatic heterocycles. The Kier molecular flexibility index (Phi) is 5.51. The molecule has 0 radical (unpaired) electrons. The van der Waals surface area contributed by atoms with E-state index in [1.54, 1.807) is 24.3 Å². The van der Waals surface area contributed by atoms with Gasteiger partial charge >= 0.3 is 6.09 Å². The van der Waals surface area contributed by atoms with Crippen molar-refractivity contribution in [1.82, 2.24) is 0 Å². The van der Waals surface area contributed by atoms with E-state index in [9.17, 15) is 4.79 Å². The Morgan fingerprint density at radius 2 is 2.18 bits per heavy atom. The normalized spacial score (nSPS) is 10.3. The molecule has 2 rings (SSSR count). The fourth-order valence-corrected chi connectivity index (χ4v) is 3.08. The highest BCUT2D eigenvalue weighted by molar-refractivity contribution is 7.16. The predicted octanol–water partition coefficient (Wildman–Crippen LogP) is 4.19. The van der Waals surface area contributed by atoms with Crippen LogP contribution in [0.5, 0.6) is 0 Å². The highest BCUT2D eigenvalue weighted by Crippen LogP contribution is 2.28. The molecule has 7 heteroatoms. The molecule has 0 spiro atoms. The Bertz CT molecular complexity index is 660. The van der Waals surface area contributed by atoms with Crippen molar-refractivity contribution in [3.05, 3.63) is 39.5 Å². The van der Waals surface area contributed by atoms with Crippen molar-refractivity contribution in [2.75, 3.05) is 29.6 Å². The number of benzene rings is 1. The van der Waals surface area contributed by atoms with Gasteiger partial charge in [-0.3, -0.25) is 5.32 Å². The molecule has 22 heavy (non-hydrogen) atoms. The first-order chi connectivity index (χ1) is 10.5. The van der Waals surface area contributed by atoms with Crippen LogP contribution in [0.2, 0.25) is 4.34 Å². The van der Waals surface area contributed by atoms with E-state index < -0.39 is 6.09 Å². The number of nitrogens with zero attached hydrogens (tertiary/aromatic N) is 1. The molecule has 1 aromatic carbocycles. The second-order valence-corrected chi connectivity index (χ2v) is 6.48. The SMILES string of the molecule is CCOC(=O)Nc1ccc(N(C)Cc2ccc(Cl)s2)cc1N. The van der Waals surface area contributed by atoms with E-state index in [0.717, 1.165) is 16.6 Å². The molecule has 0 saturated heterocycles. The molecule has 0 saturated carbocycles. The number of amides is 1. The molecule has 0 unspecified atom stereocenters. The summed E-state index contributed by atoms with van der Waals surface area (Å²) in [6, 6.07) is 9.36. The molecule has 2 aromatic rings. The average Bonchev–Trinajstić information content (AvgIpc) is 2.86. The van der Waals surface area contributed by atoms with Gasteiger partial charge in [0.1, 0.15) is 0 Å². The third-order valence-electron chi connectivity index (χ3n) is 3.01. The van der Waals surface area contributed by atoms with Crippen LogP contribution < -0.4 is 16.0 Å². The number of nitrogens with one attached hydrogen (secondary N) is 1. The summed E-state index contributed by atoms with van der Waals surface area (Å²) in [5.74, 6) is 0. The van der Waals surface area contributed by atoms with Gasteiger partial charge in [0.15, 0.2) is 0 Å². The monoisotopic (exact) mass is 339 g/mol. The van der Waals surface area contributed by atoms with Gasteiger partial charge in [-0.05, 0) is 37.3 Å². The van der Waals surface area contributed by atoms with Crippen LogP contribution in [0.15, 0.2) is 30.3 Å². The molecule has 0 aliphatic carbocycles. The van der Waals surface area contributed by atoms with E-state index in [4.69, 9.17) is 22.1 Å². The minimum atomic E-state index is -0.511. The highest BCUT2D eigenvalue weighted by atomic mass is 35.5. The van der Waals surface area contributed by atoms with Crippen LogP contribution in [0.1, 0.15) is 11.8 Å².